The third-order valence-corrected chi connectivity index (χ3v) is 4.63. The highest BCUT2D eigenvalue weighted by atomic mass is 32.2. The van der Waals surface area contributed by atoms with E-state index >= 15 is 0 Å². The molecular formula is C15H18N8O2S. The fraction of sp³-hybridized carbons (Fsp3) is 0.200. The Labute approximate surface area is 150 Å². The molecule has 11 heteroatoms. The first kappa shape index (κ1) is 17.8. The van der Waals surface area contributed by atoms with Gasteiger partial charge in [0.25, 0.3) is 10.0 Å². The molecule has 0 spiro atoms. The van der Waals surface area contributed by atoms with Crippen molar-refractivity contribution < 1.29 is 8.42 Å². The van der Waals surface area contributed by atoms with Crippen LogP contribution in [0.5, 0.6) is 0 Å². The zero-order valence-corrected chi connectivity index (χ0v) is 14.8. The molecule has 3 aromatic heterocycles. The average molecular weight is 374 g/mol. The van der Waals surface area contributed by atoms with Crippen LogP contribution in [0, 0.1) is 6.92 Å². The van der Waals surface area contributed by atoms with Crippen LogP contribution in [0.1, 0.15) is 5.82 Å². The summed E-state index contributed by atoms with van der Waals surface area (Å²) in [5.41, 5.74) is 0. The molecule has 0 amide bonds. The van der Waals surface area contributed by atoms with Gasteiger partial charge in [-0.1, -0.05) is 6.07 Å². The third kappa shape index (κ3) is 4.74. The van der Waals surface area contributed by atoms with Crippen molar-refractivity contribution in [3.63, 3.8) is 0 Å². The highest BCUT2D eigenvalue weighted by molar-refractivity contribution is 7.89. The van der Waals surface area contributed by atoms with Gasteiger partial charge >= 0.3 is 0 Å². The van der Waals surface area contributed by atoms with Gasteiger partial charge in [-0.05, 0) is 19.1 Å². The number of aryl methyl sites for hydroxylation is 1. The lowest BCUT2D eigenvalue weighted by molar-refractivity contribution is 0.579. The van der Waals surface area contributed by atoms with Gasteiger partial charge < -0.3 is 15.6 Å². The molecule has 0 fully saturated rings. The standard InChI is InChI=1S/C15H18N8O2S/c1-11-21-13(8-14(22-11)23-12-4-2-3-5-17-12)18-6-7-20-26(24,25)15-9-16-10-19-15/h2-5,8-10,20H,6-7H2,1H3,(H,16,19)(H2,17,18,21,22,23). The summed E-state index contributed by atoms with van der Waals surface area (Å²) in [6, 6.07) is 7.25. The van der Waals surface area contributed by atoms with Crippen LogP contribution in [0.15, 0.2) is 48.0 Å². The van der Waals surface area contributed by atoms with Crippen LogP contribution in [0.3, 0.4) is 0 Å². The molecule has 3 rings (SSSR count). The number of H-pyrrole nitrogens is 1. The highest BCUT2D eigenvalue weighted by Gasteiger charge is 2.14. The smallest absolute Gasteiger partial charge is 0.257 e. The maximum Gasteiger partial charge on any atom is 0.257 e. The maximum atomic E-state index is 12.0. The SMILES string of the molecule is Cc1nc(NCCNS(=O)(=O)c2cnc[nH]2)cc(Nc2ccccn2)n1. The number of aromatic nitrogens is 5. The fourth-order valence-corrected chi connectivity index (χ4v) is 3.07. The lowest BCUT2D eigenvalue weighted by Gasteiger charge is -2.10. The molecule has 0 aliphatic carbocycles. The Morgan fingerprint density at radius 2 is 1.96 bits per heavy atom. The van der Waals surface area contributed by atoms with E-state index in [4.69, 9.17) is 0 Å². The van der Waals surface area contributed by atoms with Crippen LogP contribution in [0.2, 0.25) is 0 Å². The van der Waals surface area contributed by atoms with Crippen LogP contribution >= 0.6 is 0 Å². The summed E-state index contributed by atoms with van der Waals surface area (Å²) in [7, 11) is -3.59. The van der Waals surface area contributed by atoms with Gasteiger partial charge in [-0.3, -0.25) is 0 Å². The number of imidazole rings is 1. The molecule has 3 heterocycles. The zero-order valence-electron chi connectivity index (χ0n) is 14.0. The monoisotopic (exact) mass is 374 g/mol. The number of hydrogen-bond donors (Lipinski definition) is 4. The van der Waals surface area contributed by atoms with E-state index in [0.29, 0.717) is 29.8 Å². The second-order valence-corrected chi connectivity index (χ2v) is 7.00. The van der Waals surface area contributed by atoms with E-state index in [1.807, 2.05) is 18.2 Å². The molecule has 0 aromatic carbocycles. The second-order valence-electron chi connectivity index (χ2n) is 5.27. The van der Waals surface area contributed by atoms with Gasteiger partial charge in [0.15, 0.2) is 5.03 Å². The minimum atomic E-state index is -3.59. The van der Waals surface area contributed by atoms with Crippen LogP contribution in [0.4, 0.5) is 17.5 Å². The molecule has 10 nitrogen and oxygen atoms in total. The van der Waals surface area contributed by atoms with E-state index in [1.165, 1.54) is 12.5 Å². The normalized spacial score (nSPS) is 11.3. The first-order chi connectivity index (χ1) is 12.5. The Bertz CT molecular complexity index is 945. The Morgan fingerprint density at radius 1 is 1.12 bits per heavy atom. The predicted molar refractivity (Wildman–Crippen MR) is 96.6 cm³/mol. The Balaban J connectivity index is 1.56. The van der Waals surface area contributed by atoms with E-state index < -0.39 is 10.0 Å². The van der Waals surface area contributed by atoms with Crippen LogP contribution < -0.4 is 15.4 Å². The molecule has 0 saturated carbocycles. The lowest BCUT2D eigenvalue weighted by atomic mass is 10.4. The van der Waals surface area contributed by atoms with Gasteiger partial charge in [0.1, 0.15) is 23.3 Å². The summed E-state index contributed by atoms with van der Waals surface area (Å²) >= 11 is 0. The number of pyridine rings is 1. The molecular weight excluding hydrogens is 356 g/mol. The van der Waals surface area contributed by atoms with Crippen molar-refractivity contribution in [1.82, 2.24) is 29.6 Å². The summed E-state index contributed by atoms with van der Waals surface area (Å²) < 4.78 is 26.4. The van der Waals surface area contributed by atoms with Gasteiger partial charge in [-0.15, -0.1) is 0 Å². The molecule has 0 saturated heterocycles. The Morgan fingerprint density at radius 3 is 2.69 bits per heavy atom. The van der Waals surface area contributed by atoms with Gasteiger partial charge in [-0.25, -0.2) is 33.1 Å². The fourth-order valence-electron chi connectivity index (χ4n) is 2.13. The van der Waals surface area contributed by atoms with Gasteiger partial charge in [0, 0.05) is 25.4 Å². The summed E-state index contributed by atoms with van der Waals surface area (Å²) in [6.07, 6.45) is 4.24. The molecule has 26 heavy (non-hydrogen) atoms. The molecule has 0 aliphatic heterocycles. The number of hydrogen-bond acceptors (Lipinski definition) is 8. The molecule has 0 bridgehead atoms. The number of sulfonamides is 1. The van der Waals surface area contributed by atoms with Gasteiger partial charge in [-0.2, -0.15) is 0 Å². The quantitative estimate of drug-likeness (QED) is 0.429. The molecule has 136 valence electrons. The lowest BCUT2D eigenvalue weighted by Crippen LogP contribution is -2.29. The van der Waals surface area contributed by atoms with E-state index in [-0.39, 0.29) is 11.6 Å². The first-order valence-electron chi connectivity index (χ1n) is 7.78. The molecule has 3 aromatic rings. The van der Waals surface area contributed by atoms with Gasteiger partial charge in [0.05, 0.1) is 12.5 Å². The minimum Gasteiger partial charge on any atom is -0.369 e. The van der Waals surface area contributed by atoms with Gasteiger partial charge in [0.2, 0.25) is 0 Å². The zero-order chi connectivity index (χ0) is 18.4. The first-order valence-corrected chi connectivity index (χ1v) is 9.27. The summed E-state index contributed by atoms with van der Waals surface area (Å²) in [5, 5.41) is 6.18. The molecule has 0 radical (unpaired) electrons. The summed E-state index contributed by atoms with van der Waals surface area (Å²) in [6.45, 7) is 2.32. The number of nitrogens with zero attached hydrogens (tertiary/aromatic N) is 4. The van der Waals surface area contributed by atoms with E-state index in [1.54, 1.807) is 19.2 Å². The molecule has 0 unspecified atom stereocenters. The largest absolute Gasteiger partial charge is 0.369 e. The van der Waals surface area contributed by atoms with Crippen molar-refractivity contribution in [1.29, 1.82) is 0 Å². The molecule has 4 N–H and O–H groups in total. The Kier molecular flexibility index (Phi) is 5.39. The highest BCUT2D eigenvalue weighted by Crippen LogP contribution is 2.15. The van der Waals surface area contributed by atoms with Crippen molar-refractivity contribution in [2.75, 3.05) is 23.7 Å². The van der Waals surface area contributed by atoms with Crippen molar-refractivity contribution in [2.45, 2.75) is 11.9 Å². The van der Waals surface area contributed by atoms with Crippen molar-refractivity contribution in [3.05, 3.63) is 48.8 Å². The minimum absolute atomic E-state index is 0.0252. The number of nitrogens with one attached hydrogen (secondary N) is 4. The predicted octanol–water partition coefficient (Wildman–Crippen LogP) is 1.04. The van der Waals surface area contributed by atoms with Crippen molar-refractivity contribution >= 4 is 27.5 Å². The van der Waals surface area contributed by atoms with E-state index in [2.05, 4.69) is 40.3 Å². The molecule has 0 aliphatic rings. The van der Waals surface area contributed by atoms with E-state index in [9.17, 15) is 8.42 Å². The van der Waals surface area contributed by atoms with Crippen molar-refractivity contribution in [2.24, 2.45) is 0 Å². The van der Waals surface area contributed by atoms with Crippen molar-refractivity contribution in [3.8, 4) is 0 Å². The number of aromatic amines is 1. The van der Waals surface area contributed by atoms with Crippen LogP contribution in [0.25, 0.3) is 0 Å². The number of anilines is 3. The average Bonchev–Trinajstić information content (AvgIpc) is 3.15. The Hall–Kier alpha value is -3.05. The van der Waals surface area contributed by atoms with E-state index in [0.717, 1.165) is 0 Å². The van der Waals surface area contributed by atoms with Crippen LogP contribution in [-0.4, -0.2) is 46.4 Å². The third-order valence-electron chi connectivity index (χ3n) is 3.24. The topological polar surface area (TPSA) is 138 Å². The second kappa shape index (κ2) is 7.89. The van der Waals surface area contributed by atoms with Crippen LogP contribution in [-0.2, 0) is 10.0 Å². The molecule has 0 atom stereocenters. The summed E-state index contributed by atoms with van der Waals surface area (Å²) in [4.78, 5) is 19.0. The number of rotatable bonds is 8. The summed E-state index contributed by atoms with van der Waals surface area (Å²) in [5.74, 6) is 2.42. The maximum absolute atomic E-state index is 12.0.